The molecule has 0 aliphatic heterocycles. The van der Waals surface area contributed by atoms with Crippen LogP contribution in [0.4, 0.5) is 0 Å². The molecule has 1 N–H and O–H groups in total. The van der Waals surface area contributed by atoms with Gasteiger partial charge < -0.3 is 14.6 Å². The normalized spacial score (nSPS) is 9.95. The lowest BCUT2D eigenvalue weighted by Gasteiger charge is -2.09. The van der Waals surface area contributed by atoms with Gasteiger partial charge in [0.1, 0.15) is 17.1 Å². The summed E-state index contributed by atoms with van der Waals surface area (Å²) in [6.07, 6.45) is 0. The van der Waals surface area contributed by atoms with Gasteiger partial charge in [0.25, 0.3) is 0 Å². The number of hydrogen-bond acceptors (Lipinski definition) is 4. The molecule has 108 valence electrons. The zero-order valence-electron chi connectivity index (χ0n) is 11.4. The van der Waals surface area contributed by atoms with E-state index >= 15 is 0 Å². The largest absolute Gasteiger partial charge is 0.478 e. The zero-order valence-corrected chi connectivity index (χ0v) is 11.4. The molecule has 0 aliphatic rings. The van der Waals surface area contributed by atoms with Gasteiger partial charge in [-0.15, -0.1) is 0 Å². The molecule has 0 atom stereocenters. The molecular weight excluding hydrogens is 272 g/mol. The maximum absolute atomic E-state index is 11.5. The number of aromatic carboxylic acids is 1. The number of carbonyl (C=O) groups excluding carboxylic acids is 1. The van der Waals surface area contributed by atoms with Gasteiger partial charge in [-0.1, -0.05) is 12.1 Å². The minimum absolute atomic E-state index is 0.0759. The van der Waals surface area contributed by atoms with Crippen molar-refractivity contribution in [2.45, 2.75) is 6.92 Å². The van der Waals surface area contributed by atoms with E-state index in [4.69, 9.17) is 14.6 Å². The van der Waals surface area contributed by atoms with Crippen LogP contribution in [-0.4, -0.2) is 23.7 Å². The van der Waals surface area contributed by atoms with Crippen molar-refractivity contribution in [2.24, 2.45) is 0 Å². The highest BCUT2D eigenvalue weighted by molar-refractivity contribution is 5.91. The van der Waals surface area contributed by atoms with Crippen molar-refractivity contribution < 1.29 is 24.2 Å². The predicted molar refractivity (Wildman–Crippen MR) is 75.9 cm³/mol. The van der Waals surface area contributed by atoms with Gasteiger partial charge in [-0.2, -0.15) is 0 Å². The van der Waals surface area contributed by atoms with Crippen molar-refractivity contribution in [1.82, 2.24) is 0 Å². The maximum atomic E-state index is 11.5. The summed E-state index contributed by atoms with van der Waals surface area (Å²) in [6.45, 7) is 2.04. The van der Waals surface area contributed by atoms with Crippen LogP contribution in [0, 0.1) is 0 Å². The van der Waals surface area contributed by atoms with E-state index in [-0.39, 0.29) is 11.3 Å². The fraction of sp³-hybridized carbons (Fsp3) is 0.125. The third kappa shape index (κ3) is 3.60. The third-order valence-corrected chi connectivity index (χ3v) is 2.71. The highest BCUT2D eigenvalue weighted by Gasteiger charge is 2.11. The fourth-order valence-corrected chi connectivity index (χ4v) is 1.73. The van der Waals surface area contributed by atoms with Gasteiger partial charge in [-0.05, 0) is 43.3 Å². The monoisotopic (exact) mass is 286 g/mol. The van der Waals surface area contributed by atoms with Crippen molar-refractivity contribution in [2.75, 3.05) is 6.61 Å². The standard InChI is InChI=1S/C16H14O5/c1-2-20-16(19)11-7-9-12(10-8-11)21-14-6-4-3-5-13(14)15(17)18/h3-10H,2H2,1H3,(H,17,18). The number of carbonyl (C=O) groups is 2. The molecule has 2 aromatic carbocycles. The Morgan fingerprint density at radius 2 is 1.71 bits per heavy atom. The Bertz CT molecular complexity index is 646. The summed E-state index contributed by atoms with van der Waals surface area (Å²) in [5.41, 5.74) is 0.489. The first-order valence-electron chi connectivity index (χ1n) is 6.39. The summed E-state index contributed by atoms with van der Waals surface area (Å²) in [5, 5.41) is 9.08. The average molecular weight is 286 g/mol. The fourth-order valence-electron chi connectivity index (χ4n) is 1.73. The molecule has 0 radical (unpaired) electrons. The number of carboxylic acid groups (broad SMARTS) is 1. The van der Waals surface area contributed by atoms with Crippen LogP contribution in [0.15, 0.2) is 48.5 Å². The summed E-state index contributed by atoms with van der Waals surface area (Å²) in [7, 11) is 0. The lowest BCUT2D eigenvalue weighted by molar-refractivity contribution is 0.0526. The smallest absolute Gasteiger partial charge is 0.339 e. The van der Waals surface area contributed by atoms with Crippen molar-refractivity contribution in [3.8, 4) is 11.5 Å². The molecule has 0 heterocycles. The van der Waals surface area contributed by atoms with Crippen molar-refractivity contribution in [1.29, 1.82) is 0 Å². The molecule has 2 aromatic rings. The number of benzene rings is 2. The summed E-state index contributed by atoms with van der Waals surface area (Å²) in [5.74, 6) is -0.783. The summed E-state index contributed by atoms with van der Waals surface area (Å²) in [4.78, 5) is 22.6. The van der Waals surface area contributed by atoms with Crippen molar-refractivity contribution in [3.05, 3.63) is 59.7 Å². The highest BCUT2D eigenvalue weighted by Crippen LogP contribution is 2.25. The average Bonchev–Trinajstić information content (AvgIpc) is 2.48. The number of esters is 1. The predicted octanol–water partition coefficient (Wildman–Crippen LogP) is 3.35. The van der Waals surface area contributed by atoms with E-state index in [2.05, 4.69) is 0 Å². The van der Waals surface area contributed by atoms with Crippen LogP contribution in [0.1, 0.15) is 27.6 Å². The van der Waals surface area contributed by atoms with E-state index in [1.54, 1.807) is 49.4 Å². The maximum Gasteiger partial charge on any atom is 0.339 e. The lowest BCUT2D eigenvalue weighted by Crippen LogP contribution is -2.04. The Kier molecular flexibility index (Phi) is 4.56. The number of rotatable bonds is 5. The van der Waals surface area contributed by atoms with Crippen molar-refractivity contribution in [3.63, 3.8) is 0 Å². The summed E-state index contributed by atoms with van der Waals surface area (Å²) < 4.78 is 10.4. The first-order chi connectivity index (χ1) is 10.1. The Morgan fingerprint density at radius 3 is 2.33 bits per heavy atom. The van der Waals surface area contributed by atoms with Crippen molar-refractivity contribution >= 4 is 11.9 Å². The topological polar surface area (TPSA) is 72.8 Å². The molecular formula is C16H14O5. The number of carboxylic acids is 1. The van der Waals surface area contributed by atoms with Crippen LogP contribution in [0.5, 0.6) is 11.5 Å². The van der Waals surface area contributed by atoms with E-state index in [0.29, 0.717) is 17.9 Å². The van der Waals surface area contributed by atoms with Crippen LogP contribution in [0.2, 0.25) is 0 Å². The second-order valence-corrected chi connectivity index (χ2v) is 4.15. The molecule has 0 saturated heterocycles. The minimum Gasteiger partial charge on any atom is -0.478 e. The molecule has 0 saturated carbocycles. The van der Waals surface area contributed by atoms with Crippen LogP contribution in [0.3, 0.4) is 0 Å². The van der Waals surface area contributed by atoms with Gasteiger partial charge in [0.2, 0.25) is 0 Å². The minimum atomic E-state index is -1.06. The summed E-state index contributed by atoms with van der Waals surface area (Å²) >= 11 is 0. The van der Waals surface area contributed by atoms with Gasteiger partial charge in [-0.25, -0.2) is 9.59 Å². The quantitative estimate of drug-likeness (QED) is 0.853. The van der Waals surface area contributed by atoms with Gasteiger partial charge in [-0.3, -0.25) is 0 Å². The molecule has 0 amide bonds. The zero-order chi connectivity index (χ0) is 15.2. The Labute approximate surface area is 121 Å². The highest BCUT2D eigenvalue weighted by atomic mass is 16.5. The van der Waals surface area contributed by atoms with Crippen LogP contribution in [-0.2, 0) is 4.74 Å². The van der Waals surface area contributed by atoms with E-state index in [9.17, 15) is 9.59 Å². The number of hydrogen-bond donors (Lipinski definition) is 1. The second-order valence-electron chi connectivity index (χ2n) is 4.15. The molecule has 5 heteroatoms. The molecule has 0 aromatic heterocycles. The van der Waals surface area contributed by atoms with E-state index in [1.165, 1.54) is 6.07 Å². The third-order valence-electron chi connectivity index (χ3n) is 2.71. The molecule has 0 spiro atoms. The molecule has 0 aliphatic carbocycles. The SMILES string of the molecule is CCOC(=O)c1ccc(Oc2ccccc2C(=O)O)cc1. The molecule has 21 heavy (non-hydrogen) atoms. The Balaban J connectivity index is 2.18. The van der Waals surface area contributed by atoms with Crippen LogP contribution >= 0.6 is 0 Å². The van der Waals surface area contributed by atoms with Gasteiger partial charge in [0.15, 0.2) is 0 Å². The second kappa shape index (κ2) is 6.56. The molecule has 0 fully saturated rings. The molecule has 0 bridgehead atoms. The first kappa shape index (κ1) is 14.6. The lowest BCUT2D eigenvalue weighted by atomic mass is 10.2. The first-order valence-corrected chi connectivity index (χ1v) is 6.39. The Morgan fingerprint density at radius 1 is 1.05 bits per heavy atom. The number of ether oxygens (including phenoxy) is 2. The molecule has 0 unspecified atom stereocenters. The van der Waals surface area contributed by atoms with E-state index < -0.39 is 11.9 Å². The molecule has 2 rings (SSSR count). The van der Waals surface area contributed by atoms with Gasteiger partial charge in [0, 0.05) is 0 Å². The number of para-hydroxylation sites is 1. The van der Waals surface area contributed by atoms with E-state index in [0.717, 1.165) is 0 Å². The van der Waals surface area contributed by atoms with Crippen LogP contribution < -0.4 is 4.74 Å². The summed E-state index contributed by atoms with van der Waals surface area (Å²) in [6, 6.07) is 12.7. The van der Waals surface area contributed by atoms with E-state index in [1.807, 2.05) is 0 Å². The molecule has 5 nitrogen and oxygen atoms in total. The Hall–Kier alpha value is -2.82. The van der Waals surface area contributed by atoms with Gasteiger partial charge >= 0.3 is 11.9 Å². The van der Waals surface area contributed by atoms with Gasteiger partial charge in [0.05, 0.1) is 12.2 Å². The van der Waals surface area contributed by atoms with Crippen LogP contribution in [0.25, 0.3) is 0 Å².